The van der Waals surface area contributed by atoms with Gasteiger partial charge < -0.3 is 14.5 Å². The van der Waals surface area contributed by atoms with Gasteiger partial charge in [-0.15, -0.1) is 0 Å². The van der Waals surface area contributed by atoms with Gasteiger partial charge >= 0.3 is 5.97 Å². The Labute approximate surface area is 161 Å². The Morgan fingerprint density at radius 1 is 1.21 bits per heavy atom. The van der Waals surface area contributed by atoms with Gasteiger partial charge in [-0.05, 0) is 31.5 Å². The van der Waals surface area contributed by atoms with E-state index >= 15 is 0 Å². The fourth-order valence-corrected chi connectivity index (χ4v) is 2.75. The first kappa shape index (κ1) is 19.3. The molecule has 0 unspecified atom stereocenters. The van der Waals surface area contributed by atoms with Crippen LogP contribution in [0.15, 0.2) is 51.9 Å². The van der Waals surface area contributed by atoms with Crippen LogP contribution in [0.25, 0.3) is 10.8 Å². The minimum absolute atomic E-state index is 0.00864. The van der Waals surface area contributed by atoms with Gasteiger partial charge in [0.25, 0.3) is 11.5 Å². The number of esters is 1. The predicted octanol–water partition coefficient (Wildman–Crippen LogP) is 2.26. The zero-order chi connectivity index (χ0) is 20.1. The van der Waals surface area contributed by atoms with Crippen molar-refractivity contribution in [3.8, 4) is 0 Å². The topological polar surface area (TPSA) is 103 Å². The first-order valence-corrected chi connectivity index (χ1v) is 9.02. The number of amides is 1. The lowest BCUT2D eigenvalue weighted by molar-refractivity contribution is -0.129. The molecule has 1 atom stereocenters. The van der Waals surface area contributed by atoms with Crippen molar-refractivity contribution in [2.24, 2.45) is 0 Å². The molecule has 0 aliphatic heterocycles. The van der Waals surface area contributed by atoms with E-state index in [0.717, 1.165) is 0 Å². The Morgan fingerprint density at radius 2 is 1.96 bits per heavy atom. The number of furan rings is 1. The average molecular weight is 383 g/mol. The molecule has 1 N–H and O–H groups in total. The van der Waals surface area contributed by atoms with Gasteiger partial charge in [-0.1, -0.05) is 25.1 Å². The molecular weight excluding hydrogens is 362 g/mol. The zero-order valence-electron chi connectivity index (χ0n) is 15.7. The highest BCUT2D eigenvalue weighted by atomic mass is 16.5. The number of ether oxygens (including phenoxy) is 1. The number of rotatable bonds is 7. The molecular formula is C20H21N3O5. The fraction of sp³-hybridized carbons (Fsp3) is 0.300. The molecule has 0 aliphatic carbocycles. The second kappa shape index (κ2) is 8.51. The number of nitrogens with one attached hydrogen (secondary N) is 1. The van der Waals surface area contributed by atoms with Crippen LogP contribution in [0.4, 0.5) is 0 Å². The van der Waals surface area contributed by atoms with E-state index in [4.69, 9.17) is 9.15 Å². The summed E-state index contributed by atoms with van der Waals surface area (Å²) in [5.74, 6) is -0.635. The average Bonchev–Trinajstić information content (AvgIpc) is 3.22. The number of hydrogen-bond acceptors (Lipinski definition) is 6. The minimum atomic E-state index is -1.03. The number of nitrogens with zero attached hydrogens (tertiary/aromatic N) is 2. The zero-order valence-corrected chi connectivity index (χ0v) is 15.7. The summed E-state index contributed by atoms with van der Waals surface area (Å²) < 4.78 is 11.7. The summed E-state index contributed by atoms with van der Waals surface area (Å²) in [5.41, 5.74) is -0.257. The molecule has 0 aliphatic rings. The Bertz CT molecular complexity index is 1040. The summed E-state index contributed by atoms with van der Waals surface area (Å²) in [7, 11) is 0. The van der Waals surface area contributed by atoms with E-state index in [2.05, 4.69) is 10.4 Å². The molecule has 2 heterocycles. The highest BCUT2D eigenvalue weighted by molar-refractivity contribution is 6.02. The molecule has 3 aromatic rings. The van der Waals surface area contributed by atoms with E-state index in [1.807, 2.05) is 6.92 Å². The maximum Gasteiger partial charge on any atom is 0.360 e. The van der Waals surface area contributed by atoms with Crippen LogP contribution in [-0.4, -0.2) is 27.8 Å². The molecule has 8 heteroatoms. The smallest absolute Gasteiger partial charge is 0.360 e. The number of aromatic nitrogens is 2. The Morgan fingerprint density at radius 3 is 2.64 bits per heavy atom. The maximum absolute atomic E-state index is 12.7. The van der Waals surface area contributed by atoms with Crippen molar-refractivity contribution in [3.05, 3.63) is 64.5 Å². The number of hydrogen-bond donors (Lipinski definition) is 1. The van der Waals surface area contributed by atoms with Crippen molar-refractivity contribution in [2.75, 3.05) is 0 Å². The van der Waals surface area contributed by atoms with E-state index in [0.29, 0.717) is 29.5 Å². The van der Waals surface area contributed by atoms with Crippen molar-refractivity contribution in [2.45, 2.75) is 39.5 Å². The summed E-state index contributed by atoms with van der Waals surface area (Å²) in [4.78, 5) is 37.4. The number of carbonyl (C=O) groups excluding carboxylic acids is 2. The normalized spacial score (nSPS) is 11.9. The Kier molecular flexibility index (Phi) is 5.88. The third-order valence-corrected chi connectivity index (χ3v) is 4.17. The molecule has 2 aromatic heterocycles. The van der Waals surface area contributed by atoms with Gasteiger partial charge in [-0.3, -0.25) is 9.59 Å². The number of aryl methyl sites for hydroxylation is 1. The molecule has 0 fully saturated rings. The fourth-order valence-electron chi connectivity index (χ4n) is 2.75. The van der Waals surface area contributed by atoms with Crippen LogP contribution in [0, 0.1) is 0 Å². The molecule has 0 saturated heterocycles. The highest BCUT2D eigenvalue weighted by Gasteiger charge is 2.23. The highest BCUT2D eigenvalue weighted by Crippen LogP contribution is 2.15. The van der Waals surface area contributed by atoms with Crippen LogP contribution in [0.5, 0.6) is 0 Å². The Balaban J connectivity index is 1.79. The molecule has 1 amide bonds. The molecule has 0 bridgehead atoms. The van der Waals surface area contributed by atoms with Gasteiger partial charge in [0.15, 0.2) is 11.8 Å². The van der Waals surface area contributed by atoms with Crippen molar-refractivity contribution in [1.29, 1.82) is 0 Å². The molecule has 3 rings (SSSR count). The lowest BCUT2D eigenvalue weighted by Crippen LogP contribution is -2.36. The van der Waals surface area contributed by atoms with E-state index in [9.17, 15) is 14.4 Å². The van der Waals surface area contributed by atoms with Crippen molar-refractivity contribution in [1.82, 2.24) is 15.1 Å². The summed E-state index contributed by atoms with van der Waals surface area (Å²) in [5, 5.41) is 7.58. The van der Waals surface area contributed by atoms with E-state index in [1.54, 1.807) is 36.4 Å². The van der Waals surface area contributed by atoms with Crippen LogP contribution in [-0.2, 0) is 22.6 Å². The quantitative estimate of drug-likeness (QED) is 0.628. The number of benzene rings is 1. The van der Waals surface area contributed by atoms with E-state index in [-0.39, 0.29) is 17.8 Å². The maximum atomic E-state index is 12.7. The summed E-state index contributed by atoms with van der Waals surface area (Å²) in [6.45, 7) is 3.95. The number of fused-ring (bicyclic) bond motifs is 1. The molecule has 0 radical (unpaired) electrons. The van der Waals surface area contributed by atoms with Crippen molar-refractivity contribution < 1.29 is 18.7 Å². The number of carbonyl (C=O) groups is 2. The van der Waals surface area contributed by atoms with Crippen LogP contribution in [0.1, 0.15) is 36.5 Å². The summed E-state index contributed by atoms with van der Waals surface area (Å²) in [6.07, 6.45) is 1.16. The summed E-state index contributed by atoms with van der Waals surface area (Å²) in [6, 6.07) is 10.2. The minimum Gasteiger partial charge on any atom is -0.467 e. The standard InChI is InChI=1S/C20H21N3O5/c1-3-10-23-19(25)16-9-5-4-8-15(16)17(22-23)20(26)28-13(2)18(24)21-12-14-7-6-11-27-14/h4-9,11,13H,3,10,12H2,1-2H3,(H,21,24)/t13-/m1/s1. The lowest BCUT2D eigenvalue weighted by Gasteiger charge is -2.14. The van der Waals surface area contributed by atoms with Gasteiger partial charge in [0, 0.05) is 11.9 Å². The molecule has 146 valence electrons. The molecule has 0 saturated carbocycles. The first-order chi connectivity index (χ1) is 13.5. The predicted molar refractivity (Wildman–Crippen MR) is 102 cm³/mol. The van der Waals surface area contributed by atoms with Crippen LogP contribution in [0.2, 0.25) is 0 Å². The third kappa shape index (κ3) is 4.11. The van der Waals surface area contributed by atoms with Gasteiger partial charge in [-0.25, -0.2) is 9.48 Å². The summed E-state index contributed by atoms with van der Waals surface area (Å²) >= 11 is 0. The molecule has 0 spiro atoms. The molecule has 1 aromatic carbocycles. The molecule has 28 heavy (non-hydrogen) atoms. The first-order valence-electron chi connectivity index (χ1n) is 9.02. The second-order valence-corrected chi connectivity index (χ2v) is 6.27. The third-order valence-electron chi connectivity index (χ3n) is 4.17. The lowest BCUT2D eigenvalue weighted by atomic mass is 10.1. The van der Waals surface area contributed by atoms with Gasteiger partial charge in [-0.2, -0.15) is 5.10 Å². The van der Waals surface area contributed by atoms with Gasteiger partial charge in [0.05, 0.1) is 18.2 Å². The van der Waals surface area contributed by atoms with E-state index in [1.165, 1.54) is 17.9 Å². The Hall–Kier alpha value is -3.42. The van der Waals surface area contributed by atoms with E-state index < -0.39 is 18.0 Å². The SMILES string of the molecule is CCCn1nc(C(=O)O[C@H](C)C(=O)NCc2ccco2)c2ccccc2c1=O. The van der Waals surface area contributed by atoms with Crippen molar-refractivity contribution >= 4 is 22.6 Å². The van der Waals surface area contributed by atoms with Gasteiger partial charge in [0.1, 0.15) is 5.76 Å². The van der Waals surface area contributed by atoms with Crippen LogP contribution in [0.3, 0.4) is 0 Å². The monoisotopic (exact) mass is 383 g/mol. The van der Waals surface area contributed by atoms with Gasteiger partial charge in [0.2, 0.25) is 0 Å². The molecule has 8 nitrogen and oxygen atoms in total. The van der Waals surface area contributed by atoms with Crippen LogP contribution < -0.4 is 10.9 Å². The van der Waals surface area contributed by atoms with Crippen LogP contribution >= 0.6 is 0 Å². The van der Waals surface area contributed by atoms with Crippen molar-refractivity contribution in [3.63, 3.8) is 0 Å². The second-order valence-electron chi connectivity index (χ2n) is 6.27. The largest absolute Gasteiger partial charge is 0.467 e.